The molecular formula is C24H33N5OS. The van der Waals surface area contributed by atoms with Gasteiger partial charge in [0.05, 0.1) is 11.0 Å². The summed E-state index contributed by atoms with van der Waals surface area (Å²) in [4.78, 5) is 27.0. The van der Waals surface area contributed by atoms with Crippen LogP contribution in [0.4, 0.5) is 5.95 Å². The Balaban J connectivity index is 1.24. The van der Waals surface area contributed by atoms with E-state index < -0.39 is 0 Å². The molecule has 31 heavy (non-hydrogen) atoms. The second-order valence-electron chi connectivity index (χ2n) is 8.44. The van der Waals surface area contributed by atoms with E-state index in [2.05, 4.69) is 51.5 Å². The molecular weight excluding hydrogens is 406 g/mol. The Bertz CT molecular complexity index is 928. The first-order chi connectivity index (χ1) is 15.1. The average molecular weight is 440 g/mol. The highest BCUT2D eigenvalue weighted by molar-refractivity contribution is 7.09. The summed E-state index contributed by atoms with van der Waals surface area (Å²) in [6, 6.07) is 12.9. The Morgan fingerprint density at radius 2 is 2.10 bits per heavy atom. The zero-order chi connectivity index (χ0) is 21.6. The van der Waals surface area contributed by atoms with Gasteiger partial charge in [0.15, 0.2) is 0 Å². The quantitative estimate of drug-likeness (QED) is 0.523. The third-order valence-corrected chi connectivity index (χ3v) is 7.25. The van der Waals surface area contributed by atoms with Gasteiger partial charge in [-0.1, -0.05) is 25.1 Å². The first-order valence-electron chi connectivity index (χ1n) is 11.4. The Hall–Kier alpha value is -2.38. The number of para-hydroxylation sites is 2. The van der Waals surface area contributed by atoms with E-state index in [1.807, 2.05) is 24.3 Å². The van der Waals surface area contributed by atoms with Crippen LogP contribution in [0, 0.1) is 5.92 Å². The van der Waals surface area contributed by atoms with Crippen LogP contribution >= 0.6 is 11.3 Å². The standard InChI is InChI=1S/C24H33N5OS/c1-3-18(2)29(17-20-7-6-16-31-20)15-12-25-23(30)19-10-13-28(14-11-19)24-26-21-8-4-5-9-22(21)27-24/h4-9,16,18-19H,3,10-15,17H2,1-2H3,(H,25,30)(H,26,27)/t18-/m0/s1. The summed E-state index contributed by atoms with van der Waals surface area (Å²) in [5.74, 6) is 1.21. The lowest BCUT2D eigenvalue weighted by Crippen LogP contribution is -2.44. The monoisotopic (exact) mass is 439 g/mol. The molecule has 0 bridgehead atoms. The number of aromatic amines is 1. The molecule has 0 aliphatic carbocycles. The van der Waals surface area contributed by atoms with Gasteiger partial charge in [0.25, 0.3) is 0 Å². The number of anilines is 1. The van der Waals surface area contributed by atoms with E-state index >= 15 is 0 Å². The van der Waals surface area contributed by atoms with E-state index in [0.29, 0.717) is 12.6 Å². The van der Waals surface area contributed by atoms with E-state index in [4.69, 9.17) is 4.98 Å². The molecule has 1 aliphatic heterocycles. The van der Waals surface area contributed by atoms with Gasteiger partial charge in [-0.05, 0) is 49.8 Å². The maximum atomic E-state index is 12.8. The van der Waals surface area contributed by atoms with Crippen molar-refractivity contribution in [1.29, 1.82) is 0 Å². The number of rotatable bonds is 9. The molecule has 3 aromatic rings. The molecule has 6 nitrogen and oxygen atoms in total. The molecule has 1 saturated heterocycles. The number of nitrogens with one attached hydrogen (secondary N) is 2. The van der Waals surface area contributed by atoms with E-state index in [9.17, 15) is 4.79 Å². The van der Waals surface area contributed by atoms with Gasteiger partial charge < -0.3 is 15.2 Å². The van der Waals surface area contributed by atoms with Crippen LogP contribution in [-0.2, 0) is 11.3 Å². The van der Waals surface area contributed by atoms with Gasteiger partial charge in [0.1, 0.15) is 0 Å². The van der Waals surface area contributed by atoms with Crippen molar-refractivity contribution >= 4 is 34.2 Å². The Kier molecular flexibility index (Phi) is 7.25. The molecule has 1 fully saturated rings. The van der Waals surface area contributed by atoms with Crippen LogP contribution in [0.1, 0.15) is 38.0 Å². The summed E-state index contributed by atoms with van der Waals surface area (Å²) < 4.78 is 0. The van der Waals surface area contributed by atoms with Crippen molar-refractivity contribution in [3.63, 3.8) is 0 Å². The minimum absolute atomic E-state index is 0.0926. The zero-order valence-electron chi connectivity index (χ0n) is 18.5. The highest BCUT2D eigenvalue weighted by Crippen LogP contribution is 2.23. The van der Waals surface area contributed by atoms with Crippen LogP contribution in [-0.4, -0.2) is 53.0 Å². The van der Waals surface area contributed by atoms with Gasteiger partial charge in [-0.2, -0.15) is 0 Å². The molecule has 2 aromatic heterocycles. The summed E-state index contributed by atoms with van der Waals surface area (Å²) in [5.41, 5.74) is 2.05. The van der Waals surface area contributed by atoms with E-state index in [0.717, 1.165) is 62.4 Å². The van der Waals surface area contributed by atoms with Gasteiger partial charge in [-0.25, -0.2) is 4.98 Å². The molecule has 1 aromatic carbocycles. The number of hydrogen-bond donors (Lipinski definition) is 2. The molecule has 0 unspecified atom stereocenters. The third-order valence-electron chi connectivity index (χ3n) is 6.39. The molecule has 4 rings (SSSR count). The lowest BCUT2D eigenvalue weighted by atomic mass is 9.96. The van der Waals surface area contributed by atoms with Crippen LogP contribution in [0.15, 0.2) is 41.8 Å². The number of piperidine rings is 1. The number of fused-ring (bicyclic) bond motifs is 1. The molecule has 0 saturated carbocycles. The maximum absolute atomic E-state index is 12.8. The molecule has 0 radical (unpaired) electrons. The normalized spacial score (nSPS) is 16.2. The molecule has 3 heterocycles. The number of aromatic nitrogens is 2. The number of H-pyrrole nitrogens is 1. The summed E-state index contributed by atoms with van der Waals surface area (Å²) in [7, 11) is 0. The van der Waals surface area contributed by atoms with Crippen LogP contribution < -0.4 is 10.2 Å². The van der Waals surface area contributed by atoms with Crippen molar-refractivity contribution in [2.45, 2.75) is 45.7 Å². The van der Waals surface area contributed by atoms with Crippen molar-refractivity contribution < 1.29 is 4.79 Å². The highest BCUT2D eigenvalue weighted by Gasteiger charge is 2.26. The predicted octanol–water partition coefficient (Wildman–Crippen LogP) is 4.26. The minimum Gasteiger partial charge on any atom is -0.355 e. The van der Waals surface area contributed by atoms with Gasteiger partial charge in [-0.3, -0.25) is 9.69 Å². The van der Waals surface area contributed by atoms with Gasteiger partial charge in [-0.15, -0.1) is 11.3 Å². The molecule has 7 heteroatoms. The van der Waals surface area contributed by atoms with Gasteiger partial charge in [0, 0.05) is 49.6 Å². The topological polar surface area (TPSA) is 64.3 Å². The fraction of sp³-hybridized carbons (Fsp3) is 0.500. The molecule has 2 N–H and O–H groups in total. The van der Waals surface area contributed by atoms with Crippen LogP contribution in [0.25, 0.3) is 11.0 Å². The summed E-state index contributed by atoms with van der Waals surface area (Å²) >= 11 is 1.80. The van der Waals surface area contributed by atoms with E-state index in [-0.39, 0.29) is 11.8 Å². The number of hydrogen-bond acceptors (Lipinski definition) is 5. The largest absolute Gasteiger partial charge is 0.355 e. The molecule has 0 spiro atoms. The Morgan fingerprint density at radius 1 is 1.29 bits per heavy atom. The van der Waals surface area contributed by atoms with Crippen LogP contribution in [0.5, 0.6) is 0 Å². The first kappa shape index (κ1) is 21.8. The fourth-order valence-electron chi connectivity index (χ4n) is 4.23. The van der Waals surface area contributed by atoms with E-state index in [1.54, 1.807) is 11.3 Å². The van der Waals surface area contributed by atoms with Crippen molar-refractivity contribution in [1.82, 2.24) is 20.2 Å². The number of carbonyl (C=O) groups is 1. The number of nitrogens with zero attached hydrogens (tertiary/aromatic N) is 3. The second-order valence-corrected chi connectivity index (χ2v) is 9.47. The lowest BCUT2D eigenvalue weighted by molar-refractivity contribution is -0.125. The Morgan fingerprint density at radius 3 is 2.81 bits per heavy atom. The summed E-state index contributed by atoms with van der Waals surface area (Å²) in [6.07, 6.45) is 2.85. The lowest BCUT2D eigenvalue weighted by Gasteiger charge is -2.31. The van der Waals surface area contributed by atoms with Crippen molar-refractivity contribution in [2.75, 3.05) is 31.1 Å². The number of thiophene rings is 1. The predicted molar refractivity (Wildman–Crippen MR) is 129 cm³/mol. The van der Waals surface area contributed by atoms with Gasteiger partial charge in [0.2, 0.25) is 11.9 Å². The van der Waals surface area contributed by atoms with E-state index in [1.165, 1.54) is 4.88 Å². The average Bonchev–Trinajstić information content (AvgIpc) is 3.47. The number of amides is 1. The summed E-state index contributed by atoms with van der Waals surface area (Å²) in [5, 5.41) is 5.33. The highest BCUT2D eigenvalue weighted by atomic mass is 32.1. The SMILES string of the molecule is CC[C@H](C)N(CCNC(=O)C1CCN(c2nc3ccccc3[nH]2)CC1)Cc1cccs1. The molecule has 166 valence electrons. The number of carbonyl (C=O) groups excluding carboxylic acids is 1. The summed E-state index contributed by atoms with van der Waals surface area (Å²) in [6.45, 7) is 8.75. The number of imidazole rings is 1. The van der Waals surface area contributed by atoms with Crippen molar-refractivity contribution in [2.24, 2.45) is 5.92 Å². The maximum Gasteiger partial charge on any atom is 0.223 e. The third kappa shape index (κ3) is 5.46. The van der Waals surface area contributed by atoms with Gasteiger partial charge >= 0.3 is 0 Å². The fourth-order valence-corrected chi connectivity index (χ4v) is 4.96. The molecule has 1 atom stereocenters. The van der Waals surface area contributed by atoms with Crippen LogP contribution in [0.2, 0.25) is 0 Å². The second kappa shape index (κ2) is 10.3. The zero-order valence-corrected chi connectivity index (χ0v) is 19.3. The van der Waals surface area contributed by atoms with Crippen LogP contribution in [0.3, 0.4) is 0 Å². The molecule has 1 amide bonds. The minimum atomic E-state index is 0.0926. The Labute approximate surface area is 188 Å². The first-order valence-corrected chi connectivity index (χ1v) is 12.3. The smallest absolute Gasteiger partial charge is 0.223 e. The number of benzene rings is 1. The van der Waals surface area contributed by atoms with Crippen molar-refractivity contribution in [3.05, 3.63) is 46.7 Å². The molecule has 1 aliphatic rings. The van der Waals surface area contributed by atoms with Crippen molar-refractivity contribution in [3.8, 4) is 0 Å².